The topological polar surface area (TPSA) is 26.2 Å². The Bertz CT molecular complexity index is 1180. The number of hydrogen-bond donors (Lipinski definition) is 1. The summed E-state index contributed by atoms with van der Waals surface area (Å²) < 4.78 is 8.66. The van der Waals surface area contributed by atoms with E-state index in [9.17, 15) is 0 Å². The number of aryl methyl sites for hydroxylation is 1. The Morgan fingerprint density at radius 2 is 1.63 bits per heavy atom. The molecule has 3 heteroatoms. The smallest absolute Gasteiger partial charge is 0.127 e. The van der Waals surface area contributed by atoms with Crippen LogP contribution in [0.2, 0.25) is 0 Å². The third kappa shape index (κ3) is 6.20. The molecule has 3 aromatic rings. The number of ether oxygens (including phenoxy) is 1. The second-order valence-electron chi connectivity index (χ2n) is 9.93. The van der Waals surface area contributed by atoms with Crippen LogP contribution in [0.5, 0.6) is 5.75 Å². The number of nitrogens with zero attached hydrogens (tertiary/aromatic N) is 1. The highest BCUT2D eigenvalue weighted by atomic mass is 16.5. The predicted molar refractivity (Wildman–Crippen MR) is 151 cm³/mol. The molecule has 1 N–H and O–H groups in total. The van der Waals surface area contributed by atoms with Gasteiger partial charge >= 0.3 is 0 Å². The maximum absolute atomic E-state index is 6.24. The van der Waals surface area contributed by atoms with Crippen molar-refractivity contribution in [1.82, 2.24) is 4.57 Å². The van der Waals surface area contributed by atoms with E-state index in [1.54, 1.807) is 0 Å². The standard InChI is InChI=1S/C32H42N2O/c1-5-7-8-9-10-11-22-33-26-14-16-27(17-15-26)34-31(6-2)25(4)30-23-29(20-21-32(30)34)35-28-18-12-24(3)13-19-28/h12,14-18,20-21,23,33H,5-11,13,19,22H2,1-4H3. The van der Waals surface area contributed by atoms with Crippen molar-refractivity contribution in [2.75, 3.05) is 11.9 Å². The van der Waals surface area contributed by atoms with E-state index in [1.165, 1.54) is 77.6 Å². The largest absolute Gasteiger partial charge is 0.462 e. The molecule has 0 aliphatic heterocycles. The Balaban J connectivity index is 1.48. The van der Waals surface area contributed by atoms with Crippen LogP contribution in [0.1, 0.15) is 83.4 Å². The van der Waals surface area contributed by atoms with Gasteiger partial charge in [0, 0.05) is 35.4 Å². The minimum atomic E-state index is 0.925. The molecule has 1 aromatic heterocycles. The van der Waals surface area contributed by atoms with Crippen molar-refractivity contribution in [2.45, 2.75) is 85.5 Å². The Kier molecular flexibility index (Phi) is 8.74. The molecular formula is C32H42N2O. The van der Waals surface area contributed by atoms with Gasteiger partial charge < -0.3 is 14.6 Å². The number of benzene rings is 2. The van der Waals surface area contributed by atoms with E-state index in [4.69, 9.17) is 4.74 Å². The Morgan fingerprint density at radius 1 is 0.857 bits per heavy atom. The summed E-state index contributed by atoms with van der Waals surface area (Å²) in [6.07, 6.45) is 15.3. The molecule has 3 nitrogen and oxygen atoms in total. The van der Waals surface area contributed by atoms with Crippen LogP contribution in [-0.4, -0.2) is 11.1 Å². The first-order chi connectivity index (χ1) is 17.1. The molecule has 1 aliphatic carbocycles. The van der Waals surface area contributed by atoms with Gasteiger partial charge in [0.2, 0.25) is 0 Å². The molecule has 2 aromatic carbocycles. The summed E-state index contributed by atoms with van der Waals surface area (Å²) in [6.45, 7) is 9.98. The van der Waals surface area contributed by atoms with E-state index in [2.05, 4.69) is 92.2 Å². The summed E-state index contributed by atoms with van der Waals surface area (Å²) in [5, 5.41) is 4.87. The van der Waals surface area contributed by atoms with Crippen LogP contribution in [-0.2, 0) is 6.42 Å². The molecule has 0 amide bonds. The van der Waals surface area contributed by atoms with Crippen LogP contribution >= 0.6 is 0 Å². The highest BCUT2D eigenvalue weighted by Gasteiger charge is 2.16. The zero-order valence-electron chi connectivity index (χ0n) is 22.1. The average molecular weight is 471 g/mol. The van der Waals surface area contributed by atoms with Crippen molar-refractivity contribution >= 4 is 16.6 Å². The molecule has 0 spiro atoms. The molecule has 0 saturated heterocycles. The Hall–Kier alpha value is -2.94. The van der Waals surface area contributed by atoms with Crippen molar-refractivity contribution in [2.24, 2.45) is 0 Å². The van der Waals surface area contributed by atoms with Gasteiger partial charge in [-0.05, 0) is 87.2 Å². The third-order valence-corrected chi connectivity index (χ3v) is 7.20. The Labute approximate surface area is 211 Å². The lowest BCUT2D eigenvalue weighted by Gasteiger charge is -2.14. The van der Waals surface area contributed by atoms with Crippen LogP contribution in [0.25, 0.3) is 16.6 Å². The van der Waals surface area contributed by atoms with Crippen LogP contribution < -0.4 is 10.1 Å². The van der Waals surface area contributed by atoms with E-state index in [0.29, 0.717) is 0 Å². The maximum atomic E-state index is 6.24. The zero-order chi connectivity index (χ0) is 24.6. The summed E-state index contributed by atoms with van der Waals surface area (Å²) in [5.41, 5.74) is 7.78. The quantitative estimate of drug-likeness (QED) is 0.267. The lowest BCUT2D eigenvalue weighted by Crippen LogP contribution is -2.03. The lowest BCUT2D eigenvalue weighted by molar-refractivity contribution is 0.401. The van der Waals surface area contributed by atoms with Gasteiger partial charge in [0.15, 0.2) is 0 Å². The van der Waals surface area contributed by atoms with Gasteiger partial charge in [0.1, 0.15) is 11.5 Å². The first-order valence-electron chi connectivity index (χ1n) is 13.6. The fourth-order valence-corrected chi connectivity index (χ4v) is 5.09. The predicted octanol–water partition coefficient (Wildman–Crippen LogP) is 9.28. The second kappa shape index (κ2) is 12.2. The van der Waals surface area contributed by atoms with Crippen molar-refractivity contribution in [3.8, 4) is 11.4 Å². The number of nitrogens with one attached hydrogen (secondary N) is 1. The minimum Gasteiger partial charge on any atom is -0.462 e. The molecule has 0 bridgehead atoms. The molecule has 1 aliphatic rings. The zero-order valence-corrected chi connectivity index (χ0v) is 22.1. The molecule has 0 saturated carbocycles. The lowest BCUT2D eigenvalue weighted by atomic mass is 10.1. The number of hydrogen-bond acceptors (Lipinski definition) is 2. The van der Waals surface area contributed by atoms with E-state index in [1.807, 2.05) is 0 Å². The minimum absolute atomic E-state index is 0.925. The van der Waals surface area contributed by atoms with E-state index >= 15 is 0 Å². The summed E-state index contributed by atoms with van der Waals surface area (Å²) in [7, 11) is 0. The second-order valence-corrected chi connectivity index (χ2v) is 9.93. The van der Waals surface area contributed by atoms with Gasteiger partial charge in [-0.2, -0.15) is 0 Å². The molecular weight excluding hydrogens is 428 g/mol. The van der Waals surface area contributed by atoms with E-state index in [0.717, 1.165) is 37.3 Å². The van der Waals surface area contributed by atoms with Gasteiger partial charge in [-0.25, -0.2) is 0 Å². The first-order valence-corrected chi connectivity index (χ1v) is 13.6. The molecule has 35 heavy (non-hydrogen) atoms. The van der Waals surface area contributed by atoms with Crippen LogP contribution in [0.15, 0.2) is 65.9 Å². The monoisotopic (exact) mass is 470 g/mol. The normalized spacial score (nSPS) is 13.6. The maximum Gasteiger partial charge on any atom is 0.127 e. The van der Waals surface area contributed by atoms with Crippen molar-refractivity contribution in [3.05, 3.63) is 77.2 Å². The summed E-state index contributed by atoms with van der Waals surface area (Å²) >= 11 is 0. The van der Waals surface area contributed by atoms with Crippen LogP contribution in [0.3, 0.4) is 0 Å². The van der Waals surface area contributed by atoms with Crippen LogP contribution in [0, 0.1) is 6.92 Å². The van der Waals surface area contributed by atoms with Gasteiger partial charge in [-0.3, -0.25) is 0 Å². The highest BCUT2D eigenvalue weighted by molar-refractivity contribution is 5.88. The van der Waals surface area contributed by atoms with Crippen molar-refractivity contribution in [3.63, 3.8) is 0 Å². The number of rotatable bonds is 12. The van der Waals surface area contributed by atoms with Gasteiger partial charge in [-0.1, -0.05) is 57.6 Å². The molecule has 0 unspecified atom stereocenters. The molecule has 1 heterocycles. The molecule has 186 valence electrons. The fourth-order valence-electron chi connectivity index (χ4n) is 5.09. The number of aromatic nitrogens is 1. The summed E-state index contributed by atoms with van der Waals surface area (Å²) in [4.78, 5) is 0. The van der Waals surface area contributed by atoms with E-state index in [-0.39, 0.29) is 0 Å². The third-order valence-electron chi connectivity index (χ3n) is 7.20. The molecule has 4 rings (SSSR count). The van der Waals surface area contributed by atoms with Crippen molar-refractivity contribution in [1.29, 1.82) is 0 Å². The molecule has 0 fully saturated rings. The van der Waals surface area contributed by atoms with Gasteiger partial charge in [0.25, 0.3) is 0 Å². The number of fused-ring (bicyclic) bond motifs is 1. The fraction of sp³-hybridized carbons (Fsp3) is 0.438. The SMILES string of the molecule is CCCCCCCCNc1ccc(-n2c(CC)c(C)c3cc(OC4=CC=C(C)CC4)ccc32)cc1. The van der Waals surface area contributed by atoms with Gasteiger partial charge in [0.05, 0.1) is 5.52 Å². The van der Waals surface area contributed by atoms with E-state index < -0.39 is 0 Å². The molecule has 0 radical (unpaired) electrons. The number of allylic oxidation sites excluding steroid dienone is 4. The first kappa shape index (κ1) is 25.2. The summed E-state index contributed by atoms with van der Waals surface area (Å²) in [6, 6.07) is 15.5. The number of unbranched alkanes of at least 4 members (excludes halogenated alkanes) is 5. The Morgan fingerprint density at radius 3 is 2.34 bits per heavy atom. The number of anilines is 1. The molecule has 0 atom stereocenters. The van der Waals surface area contributed by atoms with Crippen molar-refractivity contribution < 1.29 is 4.74 Å². The average Bonchev–Trinajstić information content (AvgIpc) is 3.16. The highest BCUT2D eigenvalue weighted by Crippen LogP contribution is 2.33. The summed E-state index contributed by atoms with van der Waals surface area (Å²) in [5.74, 6) is 1.97. The van der Waals surface area contributed by atoms with Gasteiger partial charge in [-0.15, -0.1) is 0 Å². The van der Waals surface area contributed by atoms with Crippen LogP contribution in [0.4, 0.5) is 5.69 Å².